The van der Waals surface area contributed by atoms with Crippen molar-refractivity contribution in [1.82, 2.24) is 9.62 Å². The molecule has 0 bridgehead atoms. The zero-order valence-electron chi connectivity index (χ0n) is 16.6. The minimum Gasteiger partial charge on any atom is -0.349 e. The van der Waals surface area contributed by atoms with Crippen molar-refractivity contribution in [1.29, 1.82) is 0 Å². The summed E-state index contributed by atoms with van der Waals surface area (Å²) in [7, 11) is -3.72. The largest absolute Gasteiger partial charge is 0.349 e. The van der Waals surface area contributed by atoms with Gasteiger partial charge in [0, 0.05) is 25.7 Å². The molecule has 0 radical (unpaired) electrons. The first-order chi connectivity index (χ1) is 14.3. The average molecular weight is 450 g/mol. The van der Waals surface area contributed by atoms with Crippen molar-refractivity contribution < 1.29 is 18.0 Å². The number of sulfonamides is 1. The van der Waals surface area contributed by atoms with Crippen molar-refractivity contribution in [3.8, 4) is 0 Å². The van der Waals surface area contributed by atoms with Crippen LogP contribution in [0.3, 0.4) is 0 Å². The molecule has 1 aliphatic heterocycles. The molecule has 2 amide bonds. The van der Waals surface area contributed by atoms with Crippen molar-refractivity contribution in [2.24, 2.45) is 0 Å². The fourth-order valence-corrected chi connectivity index (χ4v) is 5.44. The maximum absolute atomic E-state index is 12.9. The van der Waals surface area contributed by atoms with E-state index in [0.29, 0.717) is 18.8 Å². The Morgan fingerprint density at radius 1 is 1.10 bits per heavy atom. The monoisotopic (exact) mass is 449 g/mol. The first-order valence-corrected chi connectivity index (χ1v) is 11.5. The molecule has 1 atom stereocenters. The molecule has 9 heteroatoms. The number of amides is 2. The van der Waals surface area contributed by atoms with Crippen LogP contribution in [0.2, 0.25) is 5.02 Å². The summed E-state index contributed by atoms with van der Waals surface area (Å²) >= 11 is 6.15. The fraction of sp³-hybridized carbons (Fsp3) is 0.333. The molecule has 160 valence electrons. The van der Waals surface area contributed by atoms with Gasteiger partial charge in [-0.15, -0.1) is 0 Å². The average Bonchev–Trinajstić information content (AvgIpc) is 3.25. The summed E-state index contributed by atoms with van der Waals surface area (Å²) in [6, 6.07) is 13.1. The fourth-order valence-electron chi connectivity index (χ4n) is 3.43. The zero-order chi connectivity index (χ0) is 21.7. The molecule has 0 spiro atoms. The first-order valence-electron chi connectivity index (χ1n) is 9.69. The summed E-state index contributed by atoms with van der Waals surface area (Å²) in [6.45, 7) is 2.32. The van der Waals surface area contributed by atoms with E-state index in [0.717, 1.165) is 18.4 Å². The predicted molar refractivity (Wildman–Crippen MR) is 116 cm³/mol. The Bertz CT molecular complexity index is 1020. The topological polar surface area (TPSA) is 95.6 Å². The van der Waals surface area contributed by atoms with Gasteiger partial charge in [0.15, 0.2) is 0 Å². The molecule has 1 aliphatic rings. The van der Waals surface area contributed by atoms with Crippen molar-refractivity contribution >= 4 is 39.1 Å². The van der Waals surface area contributed by atoms with Gasteiger partial charge in [0.2, 0.25) is 21.8 Å². The normalized spacial score (nSPS) is 15.5. The Labute approximate surface area is 181 Å². The van der Waals surface area contributed by atoms with E-state index in [1.807, 2.05) is 30.3 Å². The number of nitrogens with zero attached hydrogens (tertiary/aromatic N) is 1. The van der Waals surface area contributed by atoms with Gasteiger partial charge in [0.1, 0.15) is 4.90 Å². The van der Waals surface area contributed by atoms with E-state index in [1.54, 1.807) is 6.07 Å². The van der Waals surface area contributed by atoms with Gasteiger partial charge in [-0.2, -0.15) is 4.31 Å². The van der Waals surface area contributed by atoms with E-state index < -0.39 is 16.1 Å². The molecular weight excluding hydrogens is 426 g/mol. The molecule has 2 aromatic rings. The molecule has 2 N–H and O–H groups in total. The SMILES string of the molecule is CC(=O)N[C@@H](CC(=O)Nc1ccc(Cl)c(S(=O)(=O)N2CCCC2)c1)c1ccccc1. The highest BCUT2D eigenvalue weighted by atomic mass is 35.5. The number of carbonyl (C=O) groups excluding carboxylic acids is 2. The smallest absolute Gasteiger partial charge is 0.244 e. The molecule has 0 unspecified atom stereocenters. The van der Waals surface area contributed by atoms with Crippen LogP contribution < -0.4 is 10.6 Å². The van der Waals surface area contributed by atoms with E-state index in [-0.39, 0.29) is 28.2 Å². The molecule has 0 aliphatic carbocycles. The number of hydrogen-bond acceptors (Lipinski definition) is 4. The number of hydrogen-bond donors (Lipinski definition) is 2. The van der Waals surface area contributed by atoms with Crippen molar-refractivity contribution in [3.05, 3.63) is 59.1 Å². The predicted octanol–water partition coefficient (Wildman–Crippen LogP) is 3.33. The Morgan fingerprint density at radius 2 is 1.77 bits per heavy atom. The van der Waals surface area contributed by atoms with Gasteiger partial charge < -0.3 is 10.6 Å². The van der Waals surface area contributed by atoms with E-state index in [2.05, 4.69) is 10.6 Å². The van der Waals surface area contributed by atoms with Crippen molar-refractivity contribution in [2.45, 2.75) is 37.1 Å². The van der Waals surface area contributed by atoms with Crippen LogP contribution in [0.5, 0.6) is 0 Å². The van der Waals surface area contributed by atoms with Gasteiger partial charge in [-0.25, -0.2) is 8.42 Å². The summed E-state index contributed by atoms with van der Waals surface area (Å²) in [5, 5.41) is 5.60. The number of rotatable bonds is 7. The minimum absolute atomic E-state index is 0.000425. The highest BCUT2D eigenvalue weighted by Gasteiger charge is 2.29. The third-order valence-electron chi connectivity index (χ3n) is 4.87. The van der Waals surface area contributed by atoms with E-state index >= 15 is 0 Å². The second-order valence-electron chi connectivity index (χ2n) is 7.17. The van der Waals surface area contributed by atoms with Gasteiger partial charge >= 0.3 is 0 Å². The number of carbonyl (C=O) groups is 2. The van der Waals surface area contributed by atoms with Crippen molar-refractivity contribution in [3.63, 3.8) is 0 Å². The highest BCUT2D eigenvalue weighted by molar-refractivity contribution is 7.89. The Balaban J connectivity index is 1.77. The van der Waals surface area contributed by atoms with Crippen LogP contribution in [0, 0.1) is 0 Å². The Kier molecular flexibility index (Phi) is 7.12. The second-order valence-corrected chi connectivity index (χ2v) is 9.49. The number of halogens is 1. The molecule has 30 heavy (non-hydrogen) atoms. The summed E-state index contributed by atoms with van der Waals surface area (Å²) in [6.07, 6.45) is 1.63. The van der Waals surface area contributed by atoms with Gasteiger partial charge in [-0.1, -0.05) is 41.9 Å². The van der Waals surface area contributed by atoms with Crippen LogP contribution in [0.1, 0.15) is 37.8 Å². The van der Waals surface area contributed by atoms with Crippen LogP contribution in [-0.2, 0) is 19.6 Å². The van der Waals surface area contributed by atoms with E-state index in [1.165, 1.54) is 23.4 Å². The lowest BCUT2D eigenvalue weighted by Crippen LogP contribution is -2.30. The Hall–Kier alpha value is -2.42. The molecule has 1 heterocycles. The maximum Gasteiger partial charge on any atom is 0.244 e. The van der Waals surface area contributed by atoms with Crippen molar-refractivity contribution in [2.75, 3.05) is 18.4 Å². The lowest BCUT2D eigenvalue weighted by atomic mass is 10.0. The summed E-state index contributed by atoms with van der Waals surface area (Å²) < 4.78 is 27.1. The molecule has 0 saturated carbocycles. The maximum atomic E-state index is 12.9. The number of benzene rings is 2. The molecule has 7 nitrogen and oxygen atoms in total. The summed E-state index contributed by atoms with van der Waals surface area (Å²) in [4.78, 5) is 24.2. The summed E-state index contributed by atoms with van der Waals surface area (Å²) in [5.74, 6) is -0.605. The van der Waals surface area contributed by atoms with Crippen LogP contribution in [0.4, 0.5) is 5.69 Å². The molecule has 3 rings (SSSR count). The Morgan fingerprint density at radius 3 is 2.40 bits per heavy atom. The molecule has 1 saturated heterocycles. The first kappa shape index (κ1) is 22.3. The molecular formula is C21H24ClN3O4S. The summed E-state index contributed by atoms with van der Waals surface area (Å²) in [5.41, 5.74) is 1.13. The highest BCUT2D eigenvalue weighted by Crippen LogP contribution is 2.30. The zero-order valence-corrected chi connectivity index (χ0v) is 18.2. The quantitative estimate of drug-likeness (QED) is 0.677. The second kappa shape index (κ2) is 9.59. The van der Waals surface area contributed by atoms with Gasteiger partial charge in [-0.05, 0) is 36.6 Å². The lowest BCUT2D eigenvalue weighted by Gasteiger charge is -2.19. The molecule has 0 aromatic heterocycles. The minimum atomic E-state index is -3.72. The lowest BCUT2D eigenvalue weighted by molar-refractivity contribution is -0.120. The van der Waals surface area contributed by atoms with Gasteiger partial charge in [0.25, 0.3) is 0 Å². The third kappa shape index (κ3) is 5.38. The van der Waals surface area contributed by atoms with E-state index in [4.69, 9.17) is 11.6 Å². The molecule has 2 aromatic carbocycles. The molecule has 1 fully saturated rings. The van der Waals surface area contributed by atoms with Crippen LogP contribution in [0.15, 0.2) is 53.4 Å². The third-order valence-corrected chi connectivity index (χ3v) is 7.25. The van der Waals surface area contributed by atoms with Gasteiger partial charge in [-0.3, -0.25) is 9.59 Å². The van der Waals surface area contributed by atoms with Crippen LogP contribution >= 0.6 is 11.6 Å². The van der Waals surface area contributed by atoms with Gasteiger partial charge in [0.05, 0.1) is 17.5 Å². The van der Waals surface area contributed by atoms with E-state index in [9.17, 15) is 18.0 Å². The number of nitrogens with one attached hydrogen (secondary N) is 2. The standard InChI is InChI=1S/C21H24ClN3O4S/c1-15(26)23-19(16-7-3-2-4-8-16)14-21(27)24-17-9-10-18(22)20(13-17)30(28,29)25-11-5-6-12-25/h2-4,7-10,13,19H,5-6,11-12,14H2,1H3,(H,23,26)(H,24,27)/t19-/m0/s1. The number of anilines is 1. The van der Waals surface area contributed by atoms with Crippen LogP contribution in [-0.4, -0.2) is 37.6 Å². The van der Waals surface area contributed by atoms with Crippen LogP contribution in [0.25, 0.3) is 0 Å².